The van der Waals surface area contributed by atoms with E-state index in [2.05, 4.69) is 5.32 Å². The summed E-state index contributed by atoms with van der Waals surface area (Å²) in [6.45, 7) is 0.664. The first-order chi connectivity index (χ1) is 5.22. The standard InChI is InChI=1S/C6H11N2O3/c9-2-1-8-3-5(10)7-6(11)4-8/h5,10H,1-4H2,(H,7,11). The minimum atomic E-state index is -0.817. The molecule has 1 amide bonds. The van der Waals surface area contributed by atoms with Crippen LogP contribution in [0.4, 0.5) is 0 Å². The number of aliphatic hydroxyl groups excluding tert-OH is 1. The summed E-state index contributed by atoms with van der Waals surface area (Å²) in [7, 11) is 0. The van der Waals surface area contributed by atoms with Crippen molar-refractivity contribution in [1.82, 2.24) is 10.2 Å². The third-order valence-corrected chi connectivity index (χ3v) is 1.53. The number of hydrogen-bond donors (Lipinski definition) is 2. The summed E-state index contributed by atoms with van der Waals surface area (Å²) in [6, 6.07) is 0. The van der Waals surface area contributed by atoms with Crippen molar-refractivity contribution in [3.05, 3.63) is 0 Å². The molecule has 1 radical (unpaired) electrons. The van der Waals surface area contributed by atoms with Crippen LogP contribution in [0.15, 0.2) is 0 Å². The van der Waals surface area contributed by atoms with E-state index in [4.69, 9.17) is 5.11 Å². The number of piperazine rings is 1. The Morgan fingerprint density at radius 3 is 3.00 bits per heavy atom. The summed E-state index contributed by atoms with van der Waals surface area (Å²) in [5, 5.41) is 21.5. The molecule has 1 atom stereocenters. The van der Waals surface area contributed by atoms with Gasteiger partial charge in [0.25, 0.3) is 0 Å². The fourth-order valence-corrected chi connectivity index (χ4v) is 1.09. The molecule has 0 aromatic carbocycles. The average molecular weight is 159 g/mol. The second-order valence-electron chi connectivity index (χ2n) is 2.52. The maximum Gasteiger partial charge on any atom is 0.236 e. The van der Waals surface area contributed by atoms with Crippen LogP contribution in [0.25, 0.3) is 0 Å². The fourth-order valence-electron chi connectivity index (χ4n) is 1.09. The topological polar surface area (TPSA) is 72.5 Å². The first-order valence-electron chi connectivity index (χ1n) is 3.50. The van der Waals surface area contributed by atoms with E-state index in [9.17, 15) is 9.90 Å². The SMILES string of the molecule is [O]CCN1CC(=O)NC(O)C1. The van der Waals surface area contributed by atoms with Crippen LogP contribution < -0.4 is 5.32 Å². The molecule has 1 unspecified atom stereocenters. The number of nitrogens with zero attached hydrogens (tertiary/aromatic N) is 1. The van der Waals surface area contributed by atoms with Crippen molar-refractivity contribution in [2.24, 2.45) is 0 Å². The highest BCUT2D eigenvalue weighted by Gasteiger charge is 2.21. The zero-order chi connectivity index (χ0) is 8.27. The second-order valence-corrected chi connectivity index (χ2v) is 2.52. The van der Waals surface area contributed by atoms with Crippen LogP contribution in [0.1, 0.15) is 0 Å². The van der Waals surface area contributed by atoms with Crippen LogP contribution in [0.2, 0.25) is 0 Å². The molecule has 0 spiro atoms. The van der Waals surface area contributed by atoms with Crippen molar-refractivity contribution in [1.29, 1.82) is 0 Å². The summed E-state index contributed by atoms with van der Waals surface area (Å²) in [5.41, 5.74) is 0. The van der Waals surface area contributed by atoms with Gasteiger partial charge in [-0.1, -0.05) is 0 Å². The van der Waals surface area contributed by atoms with Crippen molar-refractivity contribution in [3.8, 4) is 0 Å². The Morgan fingerprint density at radius 1 is 1.73 bits per heavy atom. The fraction of sp³-hybridized carbons (Fsp3) is 0.833. The van der Waals surface area contributed by atoms with E-state index in [0.717, 1.165) is 0 Å². The van der Waals surface area contributed by atoms with Crippen LogP contribution in [0.5, 0.6) is 0 Å². The van der Waals surface area contributed by atoms with Gasteiger partial charge in [0.15, 0.2) is 0 Å². The molecule has 63 valence electrons. The lowest BCUT2D eigenvalue weighted by Crippen LogP contribution is -2.54. The highest BCUT2D eigenvalue weighted by molar-refractivity contribution is 5.78. The van der Waals surface area contributed by atoms with Gasteiger partial charge >= 0.3 is 0 Å². The number of carbonyl (C=O) groups is 1. The van der Waals surface area contributed by atoms with Gasteiger partial charge in [-0.2, -0.15) is 0 Å². The van der Waals surface area contributed by atoms with Crippen molar-refractivity contribution in [2.75, 3.05) is 26.2 Å². The van der Waals surface area contributed by atoms with Gasteiger partial charge in [-0.15, -0.1) is 0 Å². The number of rotatable bonds is 2. The Hall–Kier alpha value is -0.650. The average Bonchev–Trinajstić information content (AvgIpc) is 1.85. The molecule has 1 fully saturated rings. The molecule has 1 aliphatic rings. The predicted octanol–water partition coefficient (Wildman–Crippen LogP) is -1.83. The number of nitrogens with one attached hydrogen (secondary N) is 1. The molecule has 0 bridgehead atoms. The van der Waals surface area contributed by atoms with Gasteiger partial charge in [0.2, 0.25) is 5.91 Å². The Bertz CT molecular complexity index is 151. The first kappa shape index (κ1) is 8.45. The smallest absolute Gasteiger partial charge is 0.236 e. The van der Waals surface area contributed by atoms with E-state index in [1.54, 1.807) is 4.90 Å². The molecule has 5 nitrogen and oxygen atoms in total. The zero-order valence-electron chi connectivity index (χ0n) is 6.12. The van der Waals surface area contributed by atoms with E-state index in [1.165, 1.54) is 0 Å². The molecule has 0 aromatic heterocycles. The van der Waals surface area contributed by atoms with Crippen LogP contribution in [-0.2, 0) is 9.90 Å². The molecule has 0 aromatic rings. The number of carbonyl (C=O) groups excluding carboxylic acids is 1. The van der Waals surface area contributed by atoms with Crippen molar-refractivity contribution >= 4 is 5.91 Å². The summed E-state index contributed by atoms with van der Waals surface area (Å²) in [6.07, 6.45) is -0.817. The van der Waals surface area contributed by atoms with Gasteiger partial charge in [0.1, 0.15) is 6.23 Å². The zero-order valence-corrected chi connectivity index (χ0v) is 6.12. The van der Waals surface area contributed by atoms with E-state index in [-0.39, 0.29) is 19.1 Å². The summed E-state index contributed by atoms with van der Waals surface area (Å²) >= 11 is 0. The van der Waals surface area contributed by atoms with Gasteiger partial charge in [-0.05, 0) is 0 Å². The third kappa shape index (κ3) is 2.45. The van der Waals surface area contributed by atoms with Gasteiger partial charge in [0, 0.05) is 13.1 Å². The van der Waals surface area contributed by atoms with Crippen molar-refractivity contribution < 1.29 is 15.0 Å². The predicted molar refractivity (Wildman–Crippen MR) is 36.1 cm³/mol. The number of aliphatic hydroxyl groups is 1. The highest BCUT2D eigenvalue weighted by Crippen LogP contribution is 1.96. The lowest BCUT2D eigenvalue weighted by Gasteiger charge is -2.29. The van der Waals surface area contributed by atoms with E-state index < -0.39 is 6.23 Å². The Kier molecular flexibility index (Phi) is 2.81. The molecule has 1 aliphatic heterocycles. The minimum absolute atomic E-state index is 0.222. The minimum Gasteiger partial charge on any atom is -0.372 e. The van der Waals surface area contributed by atoms with E-state index >= 15 is 0 Å². The number of hydrogen-bond acceptors (Lipinski definition) is 3. The largest absolute Gasteiger partial charge is 0.372 e. The summed E-state index contributed by atoms with van der Waals surface area (Å²) in [4.78, 5) is 12.4. The second kappa shape index (κ2) is 3.66. The first-order valence-corrected chi connectivity index (χ1v) is 3.50. The number of amides is 1. The maximum absolute atomic E-state index is 10.7. The summed E-state index contributed by atoms with van der Waals surface area (Å²) in [5.74, 6) is -0.225. The van der Waals surface area contributed by atoms with Crippen LogP contribution in [0.3, 0.4) is 0 Å². The quantitative estimate of drug-likeness (QED) is 0.497. The van der Waals surface area contributed by atoms with Gasteiger partial charge in [-0.25, -0.2) is 5.11 Å². The van der Waals surface area contributed by atoms with Crippen LogP contribution in [-0.4, -0.2) is 48.4 Å². The monoisotopic (exact) mass is 159 g/mol. The van der Waals surface area contributed by atoms with E-state index in [1.807, 2.05) is 0 Å². The van der Waals surface area contributed by atoms with Crippen molar-refractivity contribution in [2.45, 2.75) is 6.23 Å². The van der Waals surface area contributed by atoms with Gasteiger partial charge < -0.3 is 10.4 Å². The van der Waals surface area contributed by atoms with Crippen LogP contribution in [0, 0.1) is 0 Å². The molecule has 11 heavy (non-hydrogen) atoms. The van der Waals surface area contributed by atoms with E-state index in [0.29, 0.717) is 13.1 Å². The number of β-amino-alcohol motifs (C(OH)–C–C–N with tert-alkyl or cyclic N) is 1. The maximum atomic E-state index is 10.7. The Morgan fingerprint density at radius 2 is 2.45 bits per heavy atom. The molecular formula is C6H11N2O3. The Balaban J connectivity index is 2.36. The normalized spacial score (nSPS) is 26.7. The third-order valence-electron chi connectivity index (χ3n) is 1.53. The lowest BCUT2D eigenvalue weighted by atomic mass is 10.3. The molecule has 1 rings (SSSR count). The Labute approximate surface area is 64.6 Å². The molecule has 2 N–H and O–H groups in total. The summed E-state index contributed by atoms with van der Waals surface area (Å²) < 4.78 is 0. The molecule has 0 saturated carbocycles. The van der Waals surface area contributed by atoms with Crippen molar-refractivity contribution in [3.63, 3.8) is 0 Å². The highest BCUT2D eigenvalue weighted by atomic mass is 16.3. The van der Waals surface area contributed by atoms with Gasteiger partial charge in [0.05, 0.1) is 13.2 Å². The van der Waals surface area contributed by atoms with Crippen LogP contribution >= 0.6 is 0 Å². The molecular weight excluding hydrogens is 148 g/mol. The molecule has 1 heterocycles. The molecule has 5 heteroatoms. The molecule has 0 aliphatic carbocycles. The van der Waals surface area contributed by atoms with Gasteiger partial charge in [-0.3, -0.25) is 9.69 Å². The lowest BCUT2D eigenvalue weighted by molar-refractivity contribution is -0.130. The molecule has 1 saturated heterocycles.